The van der Waals surface area contributed by atoms with E-state index in [1.54, 1.807) is 18.2 Å². The summed E-state index contributed by atoms with van der Waals surface area (Å²) in [5.41, 5.74) is 3.50. The van der Waals surface area contributed by atoms with Crippen molar-refractivity contribution in [2.75, 3.05) is 0 Å². The van der Waals surface area contributed by atoms with Crippen LogP contribution in [0.1, 0.15) is 30.0 Å². The third-order valence-electron chi connectivity index (χ3n) is 2.75. The zero-order valence-corrected chi connectivity index (χ0v) is 11.4. The Morgan fingerprint density at radius 1 is 1.28 bits per heavy atom. The van der Waals surface area contributed by atoms with E-state index in [0.717, 1.165) is 23.5 Å². The molecular weight excluding hydrogens is 271 g/mol. The molecule has 1 aromatic heterocycles. The number of nitrogens with two attached hydrogens (primary N) is 1. The van der Waals surface area contributed by atoms with Crippen molar-refractivity contribution in [2.24, 2.45) is 5.84 Å². The fourth-order valence-corrected chi connectivity index (χ4v) is 2.21. The van der Waals surface area contributed by atoms with Crippen molar-refractivity contribution in [3.05, 3.63) is 57.5 Å². The van der Waals surface area contributed by atoms with Crippen LogP contribution >= 0.6 is 23.2 Å². The van der Waals surface area contributed by atoms with E-state index < -0.39 is 0 Å². The lowest BCUT2D eigenvalue weighted by atomic mass is 10.1. The molecule has 0 saturated carbocycles. The van der Waals surface area contributed by atoms with Gasteiger partial charge in [-0.2, -0.15) is 0 Å². The first-order valence-corrected chi connectivity index (χ1v) is 6.41. The van der Waals surface area contributed by atoms with Gasteiger partial charge in [0.25, 0.3) is 0 Å². The van der Waals surface area contributed by atoms with Crippen molar-refractivity contribution >= 4 is 23.2 Å². The molecule has 0 spiro atoms. The van der Waals surface area contributed by atoms with Crippen LogP contribution in [0.15, 0.2) is 34.7 Å². The molecular formula is C13H14Cl2N2O. The molecule has 0 radical (unpaired) electrons. The van der Waals surface area contributed by atoms with Gasteiger partial charge in [-0.05, 0) is 35.9 Å². The van der Waals surface area contributed by atoms with Crippen molar-refractivity contribution < 1.29 is 4.42 Å². The predicted octanol–water partition coefficient (Wildman–Crippen LogP) is 3.70. The smallest absolute Gasteiger partial charge is 0.126 e. The van der Waals surface area contributed by atoms with Gasteiger partial charge in [-0.1, -0.05) is 30.1 Å². The summed E-state index contributed by atoms with van der Waals surface area (Å²) in [6.07, 6.45) is 0.834. The number of furan rings is 1. The zero-order chi connectivity index (χ0) is 13.1. The molecule has 96 valence electrons. The minimum Gasteiger partial charge on any atom is -0.464 e. The number of nitrogens with one attached hydrogen (secondary N) is 1. The van der Waals surface area contributed by atoms with Crippen molar-refractivity contribution in [1.82, 2.24) is 5.43 Å². The van der Waals surface area contributed by atoms with Crippen molar-refractivity contribution in [3.8, 4) is 0 Å². The SMILES string of the molecule is CCc1ccc(C(NN)c2cc(Cl)ccc2Cl)o1. The summed E-state index contributed by atoms with van der Waals surface area (Å²) in [5, 5.41) is 1.20. The Labute approximate surface area is 116 Å². The van der Waals surface area contributed by atoms with Crippen LogP contribution in [0, 0.1) is 0 Å². The van der Waals surface area contributed by atoms with Gasteiger partial charge in [0.2, 0.25) is 0 Å². The van der Waals surface area contributed by atoms with Gasteiger partial charge in [0.15, 0.2) is 0 Å². The number of rotatable bonds is 4. The highest BCUT2D eigenvalue weighted by Gasteiger charge is 2.19. The molecule has 0 aliphatic carbocycles. The molecule has 18 heavy (non-hydrogen) atoms. The van der Waals surface area contributed by atoms with Gasteiger partial charge in [0, 0.05) is 16.5 Å². The number of hydrogen-bond acceptors (Lipinski definition) is 3. The molecule has 1 aromatic carbocycles. The van der Waals surface area contributed by atoms with Crippen LogP contribution in [0.25, 0.3) is 0 Å². The van der Waals surface area contributed by atoms with Gasteiger partial charge in [-0.15, -0.1) is 0 Å². The average Bonchev–Trinajstić information content (AvgIpc) is 2.83. The number of benzene rings is 1. The summed E-state index contributed by atoms with van der Waals surface area (Å²) in [7, 11) is 0. The van der Waals surface area contributed by atoms with E-state index in [9.17, 15) is 0 Å². The van der Waals surface area contributed by atoms with Crippen LogP contribution in [0.3, 0.4) is 0 Å². The summed E-state index contributed by atoms with van der Waals surface area (Å²) >= 11 is 12.1. The lowest BCUT2D eigenvalue weighted by Crippen LogP contribution is -2.28. The Morgan fingerprint density at radius 3 is 2.67 bits per heavy atom. The number of halogens is 2. The second-order valence-electron chi connectivity index (χ2n) is 3.92. The first-order chi connectivity index (χ1) is 8.65. The summed E-state index contributed by atoms with van der Waals surface area (Å²) in [6, 6.07) is 8.77. The van der Waals surface area contributed by atoms with Gasteiger partial charge in [-0.3, -0.25) is 5.84 Å². The van der Waals surface area contributed by atoms with Crippen LogP contribution in [-0.4, -0.2) is 0 Å². The summed E-state index contributed by atoms with van der Waals surface area (Å²) in [6.45, 7) is 2.03. The monoisotopic (exact) mass is 284 g/mol. The van der Waals surface area contributed by atoms with Gasteiger partial charge in [0.1, 0.15) is 17.6 Å². The summed E-state index contributed by atoms with van der Waals surface area (Å²) in [4.78, 5) is 0. The van der Waals surface area contributed by atoms with Crippen LogP contribution in [0.5, 0.6) is 0 Å². The minimum absolute atomic E-state index is 0.309. The van der Waals surface area contributed by atoms with Gasteiger partial charge >= 0.3 is 0 Å². The molecule has 1 atom stereocenters. The topological polar surface area (TPSA) is 51.2 Å². The molecule has 0 aliphatic rings. The summed E-state index contributed by atoms with van der Waals surface area (Å²) in [5.74, 6) is 7.22. The Morgan fingerprint density at radius 2 is 2.06 bits per heavy atom. The van der Waals surface area contributed by atoms with E-state index >= 15 is 0 Å². The van der Waals surface area contributed by atoms with Crippen LogP contribution in [-0.2, 0) is 6.42 Å². The van der Waals surface area contributed by atoms with E-state index in [0.29, 0.717) is 10.0 Å². The van der Waals surface area contributed by atoms with E-state index in [-0.39, 0.29) is 6.04 Å². The van der Waals surface area contributed by atoms with E-state index in [1.165, 1.54) is 0 Å². The van der Waals surface area contributed by atoms with Crippen molar-refractivity contribution in [1.29, 1.82) is 0 Å². The number of aryl methyl sites for hydroxylation is 1. The largest absolute Gasteiger partial charge is 0.464 e. The third-order valence-corrected chi connectivity index (χ3v) is 3.33. The second-order valence-corrected chi connectivity index (χ2v) is 4.77. The lowest BCUT2D eigenvalue weighted by molar-refractivity contribution is 0.425. The minimum atomic E-state index is -0.309. The number of hydrazine groups is 1. The van der Waals surface area contributed by atoms with Crippen molar-refractivity contribution in [3.63, 3.8) is 0 Å². The first-order valence-electron chi connectivity index (χ1n) is 5.65. The Balaban J connectivity index is 2.41. The molecule has 5 heteroatoms. The molecule has 0 aliphatic heterocycles. The molecule has 3 nitrogen and oxygen atoms in total. The zero-order valence-electron chi connectivity index (χ0n) is 9.91. The standard InChI is InChI=1S/C13H14Cl2N2O/c1-2-9-4-6-12(18-9)13(17-16)10-7-8(14)3-5-11(10)15/h3-7,13,17H,2,16H2,1H3. The molecule has 1 heterocycles. The van der Waals surface area contributed by atoms with Crippen LogP contribution < -0.4 is 11.3 Å². The summed E-state index contributed by atoms with van der Waals surface area (Å²) < 4.78 is 5.69. The molecule has 0 bridgehead atoms. The molecule has 0 fully saturated rings. The maximum Gasteiger partial charge on any atom is 0.126 e. The molecule has 2 rings (SSSR count). The fourth-order valence-electron chi connectivity index (χ4n) is 1.80. The highest BCUT2D eigenvalue weighted by molar-refractivity contribution is 6.33. The highest BCUT2D eigenvalue weighted by Crippen LogP contribution is 2.31. The maximum atomic E-state index is 6.16. The molecule has 2 aromatic rings. The van der Waals surface area contributed by atoms with E-state index in [4.69, 9.17) is 33.5 Å². The second kappa shape index (κ2) is 5.76. The van der Waals surface area contributed by atoms with E-state index in [2.05, 4.69) is 5.43 Å². The Bertz CT molecular complexity index is 540. The molecule has 1 unspecified atom stereocenters. The Kier molecular flexibility index (Phi) is 4.30. The van der Waals surface area contributed by atoms with Gasteiger partial charge in [0.05, 0.1) is 0 Å². The van der Waals surface area contributed by atoms with Crippen molar-refractivity contribution in [2.45, 2.75) is 19.4 Å². The maximum absolute atomic E-state index is 6.16. The predicted molar refractivity (Wildman–Crippen MR) is 73.7 cm³/mol. The molecule has 3 N–H and O–H groups in total. The highest BCUT2D eigenvalue weighted by atomic mass is 35.5. The quantitative estimate of drug-likeness (QED) is 0.665. The normalized spacial score (nSPS) is 12.7. The fraction of sp³-hybridized carbons (Fsp3) is 0.231. The molecule has 0 amide bonds. The van der Waals surface area contributed by atoms with Gasteiger partial charge < -0.3 is 4.42 Å². The van der Waals surface area contributed by atoms with E-state index in [1.807, 2.05) is 19.1 Å². The number of hydrogen-bond donors (Lipinski definition) is 2. The molecule has 0 saturated heterocycles. The Hall–Kier alpha value is -1.00. The lowest BCUT2D eigenvalue weighted by Gasteiger charge is -2.15. The van der Waals surface area contributed by atoms with Crippen LogP contribution in [0.4, 0.5) is 0 Å². The first kappa shape index (κ1) is 13.4. The third kappa shape index (κ3) is 2.70. The van der Waals surface area contributed by atoms with Crippen LogP contribution in [0.2, 0.25) is 10.0 Å². The van der Waals surface area contributed by atoms with Gasteiger partial charge in [-0.25, -0.2) is 5.43 Å². The average molecular weight is 285 g/mol.